The van der Waals surface area contributed by atoms with Crippen LogP contribution in [-0.2, 0) is 4.79 Å². The van der Waals surface area contributed by atoms with Crippen molar-refractivity contribution in [3.8, 4) is 5.75 Å². The molecule has 160 valence electrons. The highest BCUT2D eigenvalue weighted by atomic mass is 16.5. The first kappa shape index (κ1) is 20.7. The van der Waals surface area contributed by atoms with Gasteiger partial charge in [0.25, 0.3) is 0 Å². The second kappa shape index (κ2) is 9.98. The molecule has 5 nitrogen and oxygen atoms in total. The summed E-state index contributed by atoms with van der Waals surface area (Å²) in [6, 6.07) is 16.9. The van der Waals surface area contributed by atoms with E-state index >= 15 is 0 Å². The van der Waals surface area contributed by atoms with Crippen molar-refractivity contribution in [1.29, 1.82) is 0 Å². The lowest BCUT2D eigenvalue weighted by Crippen LogP contribution is -2.36. The Kier molecular flexibility index (Phi) is 6.90. The van der Waals surface area contributed by atoms with Crippen LogP contribution in [-0.4, -0.2) is 44.1 Å². The molecule has 2 aromatic rings. The predicted molar refractivity (Wildman–Crippen MR) is 122 cm³/mol. The summed E-state index contributed by atoms with van der Waals surface area (Å²) in [5.74, 6) is 0.929. The van der Waals surface area contributed by atoms with Crippen molar-refractivity contribution in [3.05, 3.63) is 54.1 Å². The van der Waals surface area contributed by atoms with Crippen LogP contribution in [0.2, 0.25) is 0 Å². The van der Waals surface area contributed by atoms with Crippen molar-refractivity contribution < 1.29 is 9.53 Å². The largest absolute Gasteiger partial charge is 0.497 e. The number of rotatable bonds is 6. The van der Waals surface area contributed by atoms with E-state index in [9.17, 15) is 4.79 Å². The summed E-state index contributed by atoms with van der Waals surface area (Å²) >= 11 is 0. The SMILES string of the molecule is COc1ccc([C@@H]2CCCCCN2CC(=O)Nc2ccc(N3CCCC3)cc2)cc1. The van der Waals surface area contributed by atoms with Crippen molar-refractivity contribution >= 4 is 17.3 Å². The number of methoxy groups -OCH3 is 1. The molecule has 2 aliphatic rings. The fourth-order valence-electron chi connectivity index (χ4n) is 4.68. The van der Waals surface area contributed by atoms with Crippen LogP contribution in [0.15, 0.2) is 48.5 Å². The molecule has 0 aliphatic carbocycles. The van der Waals surface area contributed by atoms with Crippen LogP contribution >= 0.6 is 0 Å². The van der Waals surface area contributed by atoms with Crippen LogP contribution in [0.4, 0.5) is 11.4 Å². The van der Waals surface area contributed by atoms with E-state index < -0.39 is 0 Å². The standard InChI is InChI=1S/C25H33N3O2/c1-30-23-14-8-20(9-15-23)24-7-3-2-4-18-28(24)19-25(29)26-21-10-12-22(13-11-21)27-16-5-6-17-27/h8-15,24H,2-7,16-19H2,1H3,(H,26,29)/t24-/m0/s1. The Morgan fingerprint density at radius 1 is 0.933 bits per heavy atom. The summed E-state index contributed by atoms with van der Waals surface area (Å²) < 4.78 is 5.30. The van der Waals surface area contributed by atoms with Crippen LogP contribution in [0.1, 0.15) is 50.1 Å². The van der Waals surface area contributed by atoms with Crippen LogP contribution in [0.25, 0.3) is 0 Å². The zero-order chi connectivity index (χ0) is 20.8. The minimum Gasteiger partial charge on any atom is -0.497 e. The van der Waals surface area contributed by atoms with Gasteiger partial charge in [0.05, 0.1) is 13.7 Å². The molecule has 1 N–H and O–H groups in total. The number of carbonyl (C=O) groups is 1. The summed E-state index contributed by atoms with van der Waals surface area (Å²) in [6.07, 6.45) is 7.19. The highest BCUT2D eigenvalue weighted by molar-refractivity contribution is 5.92. The number of anilines is 2. The van der Waals surface area contributed by atoms with E-state index in [0.29, 0.717) is 6.54 Å². The number of nitrogens with one attached hydrogen (secondary N) is 1. The van der Waals surface area contributed by atoms with Crippen molar-refractivity contribution in [2.45, 2.75) is 44.6 Å². The molecule has 0 aromatic heterocycles. The summed E-state index contributed by atoms with van der Waals surface area (Å²) in [6.45, 7) is 3.64. The zero-order valence-electron chi connectivity index (χ0n) is 18.0. The van der Waals surface area contributed by atoms with E-state index in [2.05, 4.69) is 39.4 Å². The van der Waals surface area contributed by atoms with E-state index in [1.165, 1.54) is 36.9 Å². The number of hydrogen-bond donors (Lipinski definition) is 1. The summed E-state index contributed by atoms with van der Waals surface area (Å²) in [5.41, 5.74) is 3.39. The fourth-order valence-corrected chi connectivity index (χ4v) is 4.68. The molecule has 0 unspecified atom stereocenters. The Morgan fingerprint density at radius 2 is 1.63 bits per heavy atom. The Labute approximate surface area is 180 Å². The third-order valence-corrected chi connectivity index (χ3v) is 6.33. The quantitative estimate of drug-likeness (QED) is 0.743. The number of amides is 1. The zero-order valence-corrected chi connectivity index (χ0v) is 18.0. The Bertz CT molecular complexity index is 813. The Balaban J connectivity index is 1.39. The number of carbonyl (C=O) groups excluding carboxylic acids is 1. The molecule has 1 atom stereocenters. The molecule has 2 heterocycles. The van der Waals surface area contributed by atoms with E-state index in [1.807, 2.05) is 24.3 Å². The molecule has 30 heavy (non-hydrogen) atoms. The van der Waals surface area contributed by atoms with Gasteiger partial charge in [-0.3, -0.25) is 9.69 Å². The topological polar surface area (TPSA) is 44.8 Å². The molecule has 0 bridgehead atoms. The van der Waals surface area contributed by atoms with Crippen LogP contribution in [0, 0.1) is 0 Å². The second-order valence-electron chi connectivity index (χ2n) is 8.40. The lowest BCUT2D eigenvalue weighted by atomic mass is 10.0. The van der Waals surface area contributed by atoms with Crippen LogP contribution in [0.3, 0.4) is 0 Å². The molecule has 0 spiro atoms. The molecule has 2 aliphatic heterocycles. The minimum atomic E-state index is 0.0596. The summed E-state index contributed by atoms with van der Waals surface area (Å²) in [5, 5.41) is 3.10. The molecular formula is C25H33N3O2. The van der Waals surface area contributed by atoms with Crippen molar-refractivity contribution in [3.63, 3.8) is 0 Å². The number of nitrogens with zero attached hydrogens (tertiary/aromatic N) is 2. The highest BCUT2D eigenvalue weighted by Gasteiger charge is 2.24. The average Bonchev–Trinajstić information content (AvgIpc) is 3.22. The van der Waals surface area contributed by atoms with E-state index in [-0.39, 0.29) is 11.9 Å². The Morgan fingerprint density at radius 3 is 2.33 bits per heavy atom. The highest BCUT2D eigenvalue weighted by Crippen LogP contribution is 2.31. The first-order chi connectivity index (χ1) is 14.7. The van der Waals surface area contributed by atoms with Crippen molar-refractivity contribution in [2.24, 2.45) is 0 Å². The third-order valence-electron chi connectivity index (χ3n) is 6.33. The molecule has 0 radical (unpaired) electrons. The number of likely N-dealkylation sites (tertiary alicyclic amines) is 1. The lowest BCUT2D eigenvalue weighted by molar-refractivity contribution is -0.117. The van der Waals surface area contributed by atoms with Gasteiger partial charge >= 0.3 is 0 Å². The number of ether oxygens (including phenoxy) is 1. The Hall–Kier alpha value is -2.53. The van der Waals surface area contributed by atoms with Gasteiger partial charge in [-0.25, -0.2) is 0 Å². The van der Waals surface area contributed by atoms with Gasteiger partial charge in [-0.1, -0.05) is 25.0 Å². The van der Waals surface area contributed by atoms with Crippen LogP contribution < -0.4 is 15.0 Å². The summed E-state index contributed by atoms with van der Waals surface area (Å²) in [4.78, 5) is 17.6. The second-order valence-corrected chi connectivity index (χ2v) is 8.40. The van der Waals surface area contributed by atoms with E-state index in [4.69, 9.17) is 4.74 Å². The maximum Gasteiger partial charge on any atom is 0.238 e. The van der Waals surface area contributed by atoms with E-state index in [0.717, 1.165) is 43.9 Å². The maximum absolute atomic E-state index is 12.8. The monoisotopic (exact) mass is 407 g/mol. The smallest absolute Gasteiger partial charge is 0.238 e. The molecule has 5 heteroatoms. The molecule has 0 saturated carbocycles. The van der Waals surface area contributed by atoms with Gasteiger partial charge < -0.3 is 15.0 Å². The maximum atomic E-state index is 12.8. The van der Waals surface area contributed by atoms with E-state index in [1.54, 1.807) is 7.11 Å². The minimum absolute atomic E-state index is 0.0596. The first-order valence-corrected chi connectivity index (χ1v) is 11.3. The third kappa shape index (κ3) is 5.14. The van der Waals surface area contributed by atoms with Gasteiger partial charge in [0.1, 0.15) is 5.75 Å². The van der Waals surface area contributed by atoms with Gasteiger partial charge in [-0.2, -0.15) is 0 Å². The van der Waals surface area contributed by atoms with Gasteiger partial charge in [0.2, 0.25) is 5.91 Å². The van der Waals surface area contributed by atoms with Crippen LogP contribution in [0.5, 0.6) is 5.75 Å². The normalized spacial score (nSPS) is 20.0. The average molecular weight is 408 g/mol. The molecule has 2 fully saturated rings. The van der Waals surface area contributed by atoms with Gasteiger partial charge in [-0.15, -0.1) is 0 Å². The fraction of sp³-hybridized carbons (Fsp3) is 0.480. The molecule has 2 aromatic carbocycles. The first-order valence-electron chi connectivity index (χ1n) is 11.3. The molecule has 4 rings (SSSR count). The summed E-state index contributed by atoms with van der Waals surface area (Å²) in [7, 11) is 1.69. The van der Waals surface area contributed by atoms with Gasteiger partial charge in [0.15, 0.2) is 0 Å². The molecular weight excluding hydrogens is 374 g/mol. The number of hydrogen-bond acceptors (Lipinski definition) is 4. The van der Waals surface area contributed by atoms with Crippen molar-refractivity contribution in [2.75, 3.05) is 43.5 Å². The van der Waals surface area contributed by atoms with Gasteiger partial charge in [-0.05, 0) is 74.2 Å². The van der Waals surface area contributed by atoms with Gasteiger partial charge in [0, 0.05) is 30.5 Å². The lowest BCUT2D eigenvalue weighted by Gasteiger charge is -2.30. The predicted octanol–water partition coefficient (Wildman–Crippen LogP) is 4.85. The number of benzene rings is 2. The molecule has 1 amide bonds. The molecule has 2 saturated heterocycles. The van der Waals surface area contributed by atoms with Crippen molar-refractivity contribution in [1.82, 2.24) is 4.90 Å².